The second kappa shape index (κ2) is 7.07. The lowest BCUT2D eigenvalue weighted by molar-refractivity contribution is -0.143. The lowest BCUT2D eigenvalue weighted by atomic mass is 10.0. The summed E-state index contributed by atoms with van der Waals surface area (Å²) in [5.74, 6) is -1.36. The fourth-order valence-electron chi connectivity index (χ4n) is 2.41. The molecule has 0 aromatic heterocycles. The van der Waals surface area contributed by atoms with Gasteiger partial charge < -0.3 is 10.4 Å². The summed E-state index contributed by atoms with van der Waals surface area (Å²) >= 11 is 0. The second-order valence-corrected chi connectivity index (χ2v) is 5.81. The normalized spacial score (nSPS) is 12.3. The van der Waals surface area contributed by atoms with Gasteiger partial charge in [-0.25, -0.2) is 4.79 Å². The minimum atomic E-state index is -0.992. The summed E-state index contributed by atoms with van der Waals surface area (Å²) in [7, 11) is 0. The molecule has 0 fully saturated rings. The molecule has 2 rings (SSSR count). The minimum absolute atomic E-state index is 0.137. The van der Waals surface area contributed by atoms with E-state index in [0.29, 0.717) is 6.42 Å². The number of benzene rings is 2. The number of hydrogen-bond acceptors (Lipinski definition) is 2. The SMILES string of the molecule is CC(C)[C@H](NC(=O)CCc1ccc2ccccc2c1)C(=O)O. The lowest BCUT2D eigenvalue weighted by Crippen LogP contribution is -2.44. The summed E-state index contributed by atoms with van der Waals surface area (Å²) in [4.78, 5) is 23.0. The first-order chi connectivity index (χ1) is 10.5. The summed E-state index contributed by atoms with van der Waals surface area (Å²) in [6.45, 7) is 3.56. The van der Waals surface area contributed by atoms with E-state index in [4.69, 9.17) is 5.11 Å². The van der Waals surface area contributed by atoms with Crippen LogP contribution in [0.3, 0.4) is 0 Å². The maximum Gasteiger partial charge on any atom is 0.326 e. The molecule has 1 atom stereocenters. The molecule has 2 aromatic rings. The van der Waals surface area contributed by atoms with E-state index < -0.39 is 12.0 Å². The van der Waals surface area contributed by atoms with Crippen molar-refractivity contribution in [1.82, 2.24) is 5.32 Å². The van der Waals surface area contributed by atoms with Gasteiger partial charge in [-0.3, -0.25) is 4.79 Å². The predicted molar refractivity (Wildman–Crippen MR) is 86.7 cm³/mol. The van der Waals surface area contributed by atoms with Gasteiger partial charge in [0, 0.05) is 6.42 Å². The van der Waals surface area contributed by atoms with Gasteiger partial charge in [0.25, 0.3) is 0 Å². The van der Waals surface area contributed by atoms with Crippen LogP contribution in [0.25, 0.3) is 10.8 Å². The fourth-order valence-corrected chi connectivity index (χ4v) is 2.41. The zero-order valence-corrected chi connectivity index (χ0v) is 12.9. The number of carbonyl (C=O) groups excluding carboxylic acids is 1. The number of hydrogen-bond donors (Lipinski definition) is 2. The Morgan fingerprint density at radius 2 is 1.77 bits per heavy atom. The van der Waals surface area contributed by atoms with Crippen molar-refractivity contribution in [3.63, 3.8) is 0 Å². The molecule has 116 valence electrons. The molecule has 0 heterocycles. The zero-order chi connectivity index (χ0) is 16.1. The van der Waals surface area contributed by atoms with E-state index in [1.165, 1.54) is 5.39 Å². The van der Waals surface area contributed by atoms with Gasteiger partial charge in [0.2, 0.25) is 5.91 Å². The van der Waals surface area contributed by atoms with Crippen molar-refractivity contribution in [2.45, 2.75) is 32.7 Å². The van der Waals surface area contributed by atoms with E-state index in [-0.39, 0.29) is 18.2 Å². The number of amides is 1. The number of aryl methyl sites for hydroxylation is 1. The highest BCUT2D eigenvalue weighted by atomic mass is 16.4. The first kappa shape index (κ1) is 16.0. The number of rotatable bonds is 6. The molecule has 0 aliphatic heterocycles. The maximum atomic E-state index is 11.9. The number of fused-ring (bicyclic) bond motifs is 1. The topological polar surface area (TPSA) is 66.4 Å². The third-order valence-corrected chi connectivity index (χ3v) is 3.70. The van der Waals surface area contributed by atoms with Gasteiger partial charge in [0.15, 0.2) is 0 Å². The fraction of sp³-hybridized carbons (Fsp3) is 0.333. The molecule has 4 heteroatoms. The Morgan fingerprint density at radius 3 is 2.41 bits per heavy atom. The van der Waals surface area contributed by atoms with Crippen LogP contribution >= 0.6 is 0 Å². The zero-order valence-electron chi connectivity index (χ0n) is 12.9. The summed E-state index contributed by atoms with van der Waals surface area (Å²) < 4.78 is 0. The van der Waals surface area contributed by atoms with Crippen LogP contribution in [0.1, 0.15) is 25.8 Å². The Kier molecular flexibility index (Phi) is 5.15. The molecule has 2 N–H and O–H groups in total. The number of carbonyl (C=O) groups is 2. The van der Waals surface area contributed by atoms with Gasteiger partial charge in [-0.15, -0.1) is 0 Å². The van der Waals surface area contributed by atoms with Crippen LogP contribution in [0.15, 0.2) is 42.5 Å². The van der Waals surface area contributed by atoms with Gasteiger partial charge in [-0.05, 0) is 28.7 Å². The number of nitrogens with one attached hydrogen (secondary N) is 1. The molecular weight excluding hydrogens is 278 g/mol. The Morgan fingerprint density at radius 1 is 1.09 bits per heavy atom. The van der Waals surface area contributed by atoms with E-state index >= 15 is 0 Å². The van der Waals surface area contributed by atoms with Crippen molar-refractivity contribution < 1.29 is 14.7 Å². The lowest BCUT2D eigenvalue weighted by Gasteiger charge is -2.17. The standard InChI is InChI=1S/C18H21NO3/c1-12(2)17(18(21)22)19-16(20)10-8-13-7-9-14-5-3-4-6-15(14)11-13/h3-7,9,11-12,17H,8,10H2,1-2H3,(H,19,20)(H,21,22)/t17-/m0/s1. The number of carboxylic acids is 1. The predicted octanol–water partition coefficient (Wildman–Crippen LogP) is 3.00. The Labute approximate surface area is 130 Å². The van der Waals surface area contributed by atoms with Crippen LogP contribution < -0.4 is 5.32 Å². The van der Waals surface area contributed by atoms with Crippen LogP contribution in [0.4, 0.5) is 0 Å². The highest BCUT2D eigenvalue weighted by molar-refractivity contribution is 5.85. The molecule has 0 aliphatic carbocycles. The molecule has 0 bridgehead atoms. The maximum absolute atomic E-state index is 11.9. The quantitative estimate of drug-likeness (QED) is 0.861. The van der Waals surface area contributed by atoms with E-state index in [0.717, 1.165) is 10.9 Å². The monoisotopic (exact) mass is 299 g/mol. The van der Waals surface area contributed by atoms with Crippen molar-refractivity contribution in [2.75, 3.05) is 0 Å². The molecular formula is C18H21NO3. The summed E-state index contributed by atoms with van der Waals surface area (Å²) in [6, 6.07) is 13.4. The Hall–Kier alpha value is -2.36. The van der Waals surface area contributed by atoms with Crippen molar-refractivity contribution in [2.24, 2.45) is 5.92 Å². The van der Waals surface area contributed by atoms with E-state index in [9.17, 15) is 9.59 Å². The average molecular weight is 299 g/mol. The van der Waals surface area contributed by atoms with Gasteiger partial charge in [-0.2, -0.15) is 0 Å². The largest absolute Gasteiger partial charge is 0.480 e. The van der Waals surface area contributed by atoms with Crippen LogP contribution in [0.5, 0.6) is 0 Å². The second-order valence-electron chi connectivity index (χ2n) is 5.81. The highest BCUT2D eigenvalue weighted by Gasteiger charge is 2.22. The Balaban J connectivity index is 1.96. The number of carboxylic acid groups (broad SMARTS) is 1. The molecule has 0 spiro atoms. The van der Waals surface area contributed by atoms with Crippen molar-refractivity contribution in [3.8, 4) is 0 Å². The van der Waals surface area contributed by atoms with Crippen LogP contribution in [0.2, 0.25) is 0 Å². The third kappa shape index (κ3) is 4.07. The van der Waals surface area contributed by atoms with Crippen molar-refractivity contribution >= 4 is 22.6 Å². The summed E-state index contributed by atoms with van der Waals surface area (Å²) in [6.07, 6.45) is 0.885. The third-order valence-electron chi connectivity index (χ3n) is 3.70. The summed E-state index contributed by atoms with van der Waals surface area (Å²) in [5, 5.41) is 14.0. The first-order valence-electron chi connectivity index (χ1n) is 7.47. The van der Waals surface area contributed by atoms with Gasteiger partial charge in [0.05, 0.1) is 0 Å². The molecule has 1 amide bonds. The van der Waals surface area contributed by atoms with Gasteiger partial charge >= 0.3 is 5.97 Å². The average Bonchev–Trinajstić information content (AvgIpc) is 2.49. The molecule has 0 radical (unpaired) electrons. The highest BCUT2D eigenvalue weighted by Crippen LogP contribution is 2.16. The molecule has 0 saturated heterocycles. The molecule has 0 unspecified atom stereocenters. The van der Waals surface area contributed by atoms with Gasteiger partial charge in [-0.1, -0.05) is 56.3 Å². The summed E-state index contributed by atoms with van der Waals surface area (Å²) in [5.41, 5.74) is 1.07. The smallest absolute Gasteiger partial charge is 0.326 e. The molecule has 2 aromatic carbocycles. The number of aliphatic carboxylic acids is 1. The Bertz CT molecular complexity index is 679. The van der Waals surface area contributed by atoms with Crippen LogP contribution in [-0.4, -0.2) is 23.0 Å². The molecule has 0 aliphatic rings. The van der Waals surface area contributed by atoms with Crippen LogP contribution in [0, 0.1) is 5.92 Å². The van der Waals surface area contributed by atoms with Gasteiger partial charge in [0.1, 0.15) is 6.04 Å². The van der Waals surface area contributed by atoms with E-state index in [2.05, 4.69) is 11.4 Å². The van der Waals surface area contributed by atoms with Crippen molar-refractivity contribution in [3.05, 3.63) is 48.0 Å². The van der Waals surface area contributed by atoms with E-state index in [1.807, 2.05) is 36.4 Å². The van der Waals surface area contributed by atoms with E-state index in [1.54, 1.807) is 13.8 Å². The van der Waals surface area contributed by atoms with Crippen molar-refractivity contribution in [1.29, 1.82) is 0 Å². The minimum Gasteiger partial charge on any atom is -0.480 e. The molecule has 4 nitrogen and oxygen atoms in total. The van der Waals surface area contributed by atoms with Crippen LogP contribution in [-0.2, 0) is 16.0 Å². The molecule has 22 heavy (non-hydrogen) atoms. The molecule has 0 saturated carbocycles. The first-order valence-corrected chi connectivity index (χ1v) is 7.47.